The van der Waals surface area contributed by atoms with Crippen LogP contribution in [0.15, 0.2) is 53.3 Å². The molecule has 0 heterocycles. The summed E-state index contributed by atoms with van der Waals surface area (Å²) in [5.41, 5.74) is 5.31. The number of carbonyl (C=O) groups excluding carboxylic acids is 3. The molecule has 4 atom stereocenters. The van der Waals surface area contributed by atoms with Gasteiger partial charge in [-0.15, -0.1) is 0 Å². The van der Waals surface area contributed by atoms with Crippen LogP contribution >= 0.6 is 0 Å². The number of benzene rings is 2. The van der Waals surface area contributed by atoms with Crippen LogP contribution in [0.3, 0.4) is 0 Å². The number of Topliss-reactive ketones (excluding diaryl/α,β-unsaturated/α-hetero) is 2. The first kappa shape index (κ1) is 27.6. The molecular weight excluding hydrogens is 512 g/mol. The van der Waals surface area contributed by atoms with E-state index in [2.05, 4.69) is 13.8 Å². The number of aromatic hydroxyl groups is 1. The van der Waals surface area contributed by atoms with Crippen LogP contribution in [-0.4, -0.2) is 68.5 Å². The lowest BCUT2D eigenvalue weighted by atomic mass is 9.57. The number of likely N-dealkylation sites (N-methyl/N-ethyl adjacent to an activating group) is 1. The molecule has 0 saturated heterocycles. The van der Waals surface area contributed by atoms with E-state index in [1.54, 1.807) is 20.2 Å². The maximum absolute atomic E-state index is 14.0. The number of amides is 1. The zero-order chi connectivity index (χ0) is 29.3. The number of ketones is 2. The molecule has 1 saturated carbocycles. The standard InChI is InChI=1S/C31H34N2O7/c1-14(2)11-15-5-7-16(8-6-15)18-9-10-21(34)23-19(18)12-17-13-20-25(33(3)4)27(36)24(30(32)39)29(38)31(20,40)28(37)22(17)26(23)35/h5-10,14,17,20,25,34-35,38,40H,11-13H2,1-4H3,(H2,32,39)/t17-,20-,25-,31-/m0/s1. The second-order valence-corrected chi connectivity index (χ2v) is 11.7. The molecule has 3 aliphatic rings. The van der Waals surface area contributed by atoms with Gasteiger partial charge in [0.1, 0.15) is 22.8 Å². The number of aliphatic hydroxyl groups is 3. The Morgan fingerprint density at radius 3 is 2.30 bits per heavy atom. The number of phenols is 1. The Balaban J connectivity index is 1.67. The Bertz CT molecular complexity index is 1500. The molecule has 2 aromatic carbocycles. The summed E-state index contributed by atoms with van der Waals surface area (Å²) in [7, 11) is 3.15. The average Bonchev–Trinajstić information content (AvgIpc) is 2.86. The Morgan fingerprint density at radius 1 is 1.07 bits per heavy atom. The van der Waals surface area contributed by atoms with Gasteiger partial charge >= 0.3 is 0 Å². The summed E-state index contributed by atoms with van der Waals surface area (Å²) in [6, 6.07) is 10.2. The lowest BCUT2D eigenvalue weighted by Crippen LogP contribution is -2.65. The van der Waals surface area contributed by atoms with Crippen molar-refractivity contribution in [2.24, 2.45) is 23.5 Å². The Labute approximate surface area is 232 Å². The van der Waals surface area contributed by atoms with Crippen molar-refractivity contribution in [2.75, 3.05) is 14.1 Å². The number of phenolic OH excluding ortho intramolecular Hbond substituents is 1. The molecule has 9 nitrogen and oxygen atoms in total. The van der Waals surface area contributed by atoms with Gasteiger partial charge in [-0.3, -0.25) is 19.3 Å². The minimum atomic E-state index is -2.65. The van der Waals surface area contributed by atoms with Crippen LogP contribution in [0.2, 0.25) is 0 Å². The Morgan fingerprint density at radius 2 is 1.73 bits per heavy atom. The number of rotatable bonds is 5. The molecule has 1 fully saturated rings. The second kappa shape index (κ2) is 9.60. The highest BCUT2D eigenvalue weighted by Gasteiger charge is 2.64. The van der Waals surface area contributed by atoms with Crippen LogP contribution in [0.1, 0.15) is 37.0 Å². The van der Waals surface area contributed by atoms with E-state index in [9.17, 15) is 34.8 Å². The van der Waals surface area contributed by atoms with Crippen molar-refractivity contribution in [3.05, 3.63) is 70.0 Å². The molecule has 6 N–H and O–H groups in total. The van der Waals surface area contributed by atoms with Crippen molar-refractivity contribution in [3.8, 4) is 16.9 Å². The van der Waals surface area contributed by atoms with E-state index in [0.29, 0.717) is 11.5 Å². The van der Waals surface area contributed by atoms with E-state index >= 15 is 0 Å². The highest BCUT2D eigenvalue weighted by atomic mass is 16.3. The third-order valence-electron chi connectivity index (χ3n) is 8.51. The molecule has 9 heteroatoms. The monoisotopic (exact) mass is 546 g/mol. The fourth-order valence-corrected chi connectivity index (χ4v) is 6.81. The number of nitrogens with zero attached hydrogens (tertiary/aromatic N) is 1. The molecule has 40 heavy (non-hydrogen) atoms. The van der Waals surface area contributed by atoms with Crippen molar-refractivity contribution in [1.82, 2.24) is 4.90 Å². The van der Waals surface area contributed by atoms with Crippen LogP contribution in [0.4, 0.5) is 0 Å². The zero-order valence-electron chi connectivity index (χ0n) is 22.9. The highest BCUT2D eigenvalue weighted by Crippen LogP contribution is 2.53. The first-order valence-electron chi connectivity index (χ1n) is 13.4. The van der Waals surface area contributed by atoms with Crippen LogP contribution in [0.25, 0.3) is 16.9 Å². The van der Waals surface area contributed by atoms with E-state index in [1.807, 2.05) is 24.3 Å². The van der Waals surface area contributed by atoms with Crippen LogP contribution in [0.5, 0.6) is 5.75 Å². The number of primary amides is 1. The number of fused-ring (bicyclic) bond motifs is 3. The van der Waals surface area contributed by atoms with Crippen LogP contribution < -0.4 is 5.73 Å². The molecular formula is C31H34N2O7. The minimum absolute atomic E-state index is 0.0498. The largest absolute Gasteiger partial charge is 0.508 e. The molecule has 0 aromatic heterocycles. The molecule has 0 aliphatic heterocycles. The predicted molar refractivity (Wildman–Crippen MR) is 148 cm³/mol. The predicted octanol–water partition coefficient (Wildman–Crippen LogP) is 2.83. The lowest BCUT2D eigenvalue weighted by Gasteiger charge is -2.50. The van der Waals surface area contributed by atoms with Crippen molar-refractivity contribution in [3.63, 3.8) is 0 Å². The topological polar surface area (TPSA) is 161 Å². The minimum Gasteiger partial charge on any atom is -0.508 e. The van der Waals surface area contributed by atoms with Gasteiger partial charge in [-0.1, -0.05) is 44.2 Å². The van der Waals surface area contributed by atoms with Crippen molar-refractivity contribution < 1.29 is 34.8 Å². The molecule has 0 bridgehead atoms. The molecule has 210 valence electrons. The summed E-state index contributed by atoms with van der Waals surface area (Å²) in [6.07, 6.45) is 1.22. The first-order chi connectivity index (χ1) is 18.8. The van der Waals surface area contributed by atoms with Gasteiger partial charge in [-0.05, 0) is 73.5 Å². The highest BCUT2D eigenvalue weighted by molar-refractivity contribution is 6.24. The first-order valence-corrected chi connectivity index (χ1v) is 13.4. The number of carbonyl (C=O) groups is 3. The van der Waals surface area contributed by atoms with Gasteiger partial charge < -0.3 is 26.2 Å². The summed E-state index contributed by atoms with van der Waals surface area (Å²) in [5, 5.41) is 44.9. The summed E-state index contributed by atoms with van der Waals surface area (Å²) in [4.78, 5) is 40.8. The summed E-state index contributed by atoms with van der Waals surface area (Å²) in [5.74, 6) is -6.10. The van der Waals surface area contributed by atoms with Crippen LogP contribution in [-0.2, 0) is 27.2 Å². The summed E-state index contributed by atoms with van der Waals surface area (Å²) >= 11 is 0. The number of hydrogen-bond acceptors (Lipinski definition) is 8. The maximum Gasteiger partial charge on any atom is 0.255 e. The maximum atomic E-state index is 14.0. The lowest BCUT2D eigenvalue weighted by molar-refractivity contribution is -0.153. The normalized spacial score (nSPS) is 26.2. The Kier molecular flexibility index (Phi) is 6.63. The molecule has 0 spiro atoms. The van der Waals surface area contributed by atoms with Gasteiger partial charge in [0.25, 0.3) is 5.91 Å². The number of aliphatic hydroxyl groups excluding tert-OH is 2. The van der Waals surface area contributed by atoms with Crippen LogP contribution in [0, 0.1) is 17.8 Å². The molecule has 0 unspecified atom stereocenters. The van der Waals surface area contributed by atoms with E-state index in [1.165, 1.54) is 16.5 Å². The van der Waals surface area contributed by atoms with Gasteiger partial charge in [0.05, 0.1) is 11.6 Å². The fraction of sp³-hybridized carbons (Fsp3) is 0.387. The second-order valence-electron chi connectivity index (χ2n) is 11.7. The molecule has 2 aromatic rings. The molecule has 0 radical (unpaired) electrons. The van der Waals surface area contributed by atoms with E-state index in [4.69, 9.17) is 5.73 Å². The smallest absolute Gasteiger partial charge is 0.255 e. The number of nitrogens with two attached hydrogens (primary N) is 1. The van der Waals surface area contributed by atoms with E-state index in [0.717, 1.165) is 17.5 Å². The van der Waals surface area contributed by atoms with Crippen molar-refractivity contribution >= 4 is 23.2 Å². The molecule has 5 rings (SSSR count). The zero-order valence-corrected chi connectivity index (χ0v) is 22.9. The molecule has 1 amide bonds. The fourth-order valence-electron chi connectivity index (χ4n) is 6.81. The SMILES string of the molecule is CC(C)Cc1ccc(-c2ccc(O)c3c2C[C@H]2C[C@H]4[C@H](N(C)C)C(=O)C(C(N)=O)=C(O)[C@@]4(O)C(=O)C2=C3O)cc1. The summed E-state index contributed by atoms with van der Waals surface area (Å²) in [6.45, 7) is 4.29. The third kappa shape index (κ3) is 3.95. The van der Waals surface area contributed by atoms with Gasteiger partial charge in [-0.2, -0.15) is 0 Å². The molecule has 3 aliphatic carbocycles. The third-order valence-corrected chi connectivity index (χ3v) is 8.51. The van der Waals surface area contributed by atoms with E-state index in [-0.39, 0.29) is 29.7 Å². The quantitative estimate of drug-likeness (QED) is 0.358. The van der Waals surface area contributed by atoms with Gasteiger partial charge in [0.2, 0.25) is 5.78 Å². The van der Waals surface area contributed by atoms with Gasteiger partial charge in [0, 0.05) is 11.5 Å². The van der Waals surface area contributed by atoms with Crippen molar-refractivity contribution in [2.45, 2.75) is 44.8 Å². The number of hydrogen-bond donors (Lipinski definition) is 5. The van der Waals surface area contributed by atoms with Gasteiger partial charge in [-0.25, -0.2) is 0 Å². The van der Waals surface area contributed by atoms with Gasteiger partial charge in [0.15, 0.2) is 11.4 Å². The van der Waals surface area contributed by atoms with E-state index < -0.39 is 58.0 Å². The van der Waals surface area contributed by atoms with Crippen molar-refractivity contribution in [1.29, 1.82) is 0 Å². The summed E-state index contributed by atoms with van der Waals surface area (Å²) < 4.78 is 0. The Hall–Kier alpha value is -3.95. The average molecular weight is 547 g/mol.